The molecule has 1 heterocycles. The predicted molar refractivity (Wildman–Crippen MR) is 78.8 cm³/mol. The van der Waals surface area contributed by atoms with Gasteiger partial charge in [-0.25, -0.2) is 0 Å². The number of hydrogen-bond donors (Lipinski definition) is 1. The molecule has 0 spiro atoms. The molecule has 0 amide bonds. The van der Waals surface area contributed by atoms with E-state index in [-0.39, 0.29) is 0 Å². The summed E-state index contributed by atoms with van der Waals surface area (Å²) in [5, 5.41) is 3.76. The smallest absolute Gasteiger partial charge is 0.0244 e. The summed E-state index contributed by atoms with van der Waals surface area (Å²) < 4.78 is 0. The molecule has 0 radical (unpaired) electrons. The highest BCUT2D eigenvalue weighted by Crippen LogP contribution is 2.52. The number of hydrogen-bond acceptors (Lipinski definition) is 2. The Hall–Kier alpha value is -0.0800. The monoisotopic (exact) mass is 252 g/mol. The molecular weight excluding hydrogens is 220 g/mol. The summed E-state index contributed by atoms with van der Waals surface area (Å²) in [6.07, 6.45) is 2.70. The fourth-order valence-electron chi connectivity index (χ4n) is 3.23. The van der Waals surface area contributed by atoms with Crippen molar-refractivity contribution in [2.45, 2.75) is 66.5 Å². The highest BCUT2D eigenvalue weighted by Gasteiger charge is 2.47. The normalized spacial score (nSPS) is 36.7. The lowest BCUT2D eigenvalue weighted by Gasteiger charge is -2.45. The van der Waals surface area contributed by atoms with Crippen molar-refractivity contribution in [3.05, 3.63) is 0 Å². The third-order valence-electron chi connectivity index (χ3n) is 5.22. The van der Waals surface area contributed by atoms with Crippen molar-refractivity contribution in [1.29, 1.82) is 0 Å². The van der Waals surface area contributed by atoms with E-state index in [2.05, 4.69) is 51.8 Å². The molecule has 0 aromatic rings. The molecular formula is C16H32N2. The Balaban J connectivity index is 1.96. The van der Waals surface area contributed by atoms with Crippen LogP contribution < -0.4 is 5.32 Å². The Morgan fingerprint density at radius 1 is 1.28 bits per heavy atom. The third-order valence-corrected chi connectivity index (χ3v) is 5.22. The Labute approximate surface area is 114 Å². The van der Waals surface area contributed by atoms with E-state index < -0.39 is 0 Å². The summed E-state index contributed by atoms with van der Waals surface area (Å²) in [6, 6.07) is 1.39. The third kappa shape index (κ3) is 3.08. The predicted octanol–water partition coefficient (Wildman–Crippen LogP) is 3.13. The van der Waals surface area contributed by atoms with Crippen molar-refractivity contribution < 1.29 is 0 Å². The van der Waals surface area contributed by atoms with Crippen LogP contribution in [0.15, 0.2) is 0 Å². The Kier molecular flexibility index (Phi) is 3.81. The van der Waals surface area contributed by atoms with Gasteiger partial charge in [-0.1, -0.05) is 41.5 Å². The van der Waals surface area contributed by atoms with Crippen LogP contribution >= 0.6 is 0 Å². The van der Waals surface area contributed by atoms with Crippen molar-refractivity contribution in [1.82, 2.24) is 10.2 Å². The van der Waals surface area contributed by atoms with Crippen LogP contribution in [0.4, 0.5) is 0 Å². The van der Waals surface area contributed by atoms with Crippen LogP contribution in [0.25, 0.3) is 0 Å². The van der Waals surface area contributed by atoms with Crippen molar-refractivity contribution in [3.8, 4) is 0 Å². The Morgan fingerprint density at radius 3 is 2.33 bits per heavy atom. The zero-order chi connectivity index (χ0) is 13.6. The summed E-state index contributed by atoms with van der Waals surface area (Å²) in [5.41, 5.74) is 0.983. The van der Waals surface area contributed by atoms with E-state index in [1.165, 1.54) is 32.5 Å². The van der Waals surface area contributed by atoms with Gasteiger partial charge < -0.3 is 5.32 Å². The lowest BCUT2D eigenvalue weighted by atomic mass is 9.84. The van der Waals surface area contributed by atoms with E-state index in [0.717, 1.165) is 12.0 Å². The largest absolute Gasteiger partial charge is 0.311 e. The van der Waals surface area contributed by atoms with Crippen LogP contribution in [0.1, 0.15) is 54.4 Å². The van der Waals surface area contributed by atoms with Crippen LogP contribution in [0.3, 0.4) is 0 Å². The average Bonchev–Trinajstić information content (AvgIpc) is 2.84. The first-order chi connectivity index (χ1) is 8.24. The molecule has 2 aliphatic rings. The quantitative estimate of drug-likeness (QED) is 0.830. The van der Waals surface area contributed by atoms with Gasteiger partial charge in [0, 0.05) is 31.7 Å². The van der Waals surface area contributed by atoms with Crippen LogP contribution in [0.5, 0.6) is 0 Å². The minimum atomic E-state index is 0.371. The van der Waals surface area contributed by atoms with Crippen molar-refractivity contribution >= 4 is 0 Å². The SMILES string of the molecule is CCC1CNC(C(C)(C)C)CN1CC1CC1(C)C. The first kappa shape index (κ1) is 14.3. The molecule has 2 nitrogen and oxygen atoms in total. The van der Waals surface area contributed by atoms with E-state index in [1.54, 1.807) is 0 Å². The second kappa shape index (κ2) is 4.79. The molecule has 2 fully saturated rings. The second-order valence-corrected chi connectivity index (χ2v) is 8.23. The molecule has 3 atom stereocenters. The molecule has 2 heteroatoms. The summed E-state index contributed by atoms with van der Waals surface area (Å²) >= 11 is 0. The Bertz CT molecular complexity index is 290. The van der Waals surface area contributed by atoms with Crippen molar-refractivity contribution in [2.24, 2.45) is 16.7 Å². The van der Waals surface area contributed by atoms with Gasteiger partial charge in [-0.3, -0.25) is 4.90 Å². The first-order valence-corrected chi connectivity index (χ1v) is 7.71. The van der Waals surface area contributed by atoms with Gasteiger partial charge in [-0.15, -0.1) is 0 Å². The molecule has 1 N–H and O–H groups in total. The molecule has 1 saturated carbocycles. The summed E-state index contributed by atoms with van der Waals surface area (Å²) in [7, 11) is 0. The highest BCUT2D eigenvalue weighted by atomic mass is 15.2. The molecule has 18 heavy (non-hydrogen) atoms. The maximum Gasteiger partial charge on any atom is 0.0244 e. The van der Waals surface area contributed by atoms with Gasteiger partial charge in [0.15, 0.2) is 0 Å². The molecule has 2 rings (SSSR count). The van der Waals surface area contributed by atoms with E-state index in [0.29, 0.717) is 16.9 Å². The molecule has 1 aliphatic heterocycles. The molecule has 1 saturated heterocycles. The van der Waals surface area contributed by atoms with Crippen LogP contribution in [0.2, 0.25) is 0 Å². The lowest BCUT2D eigenvalue weighted by molar-refractivity contribution is 0.0768. The fourth-order valence-corrected chi connectivity index (χ4v) is 3.23. The van der Waals surface area contributed by atoms with Gasteiger partial charge in [0.1, 0.15) is 0 Å². The van der Waals surface area contributed by atoms with E-state index in [9.17, 15) is 0 Å². The van der Waals surface area contributed by atoms with Gasteiger partial charge in [0.05, 0.1) is 0 Å². The van der Waals surface area contributed by atoms with E-state index in [1.807, 2.05) is 0 Å². The van der Waals surface area contributed by atoms with Crippen molar-refractivity contribution in [3.63, 3.8) is 0 Å². The van der Waals surface area contributed by atoms with Crippen molar-refractivity contribution in [2.75, 3.05) is 19.6 Å². The first-order valence-electron chi connectivity index (χ1n) is 7.71. The van der Waals surface area contributed by atoms with Gasteiger partial charge in [-0.2, -0.15) is 0 Å². The molecule has 0 bridgehead atoms. The number of piperazine rings is 1. The summed E-state index contributed by atoms with van der Waals surface area (Å²) in [6.45, 7) is 18.0. The highest BCUT2D eigenvalue weighted by molar-refractivity contribution is 5.00. The minimum Gasteiger partial charge on any atom is -0.311 e. The Morgan fingerprint density at radius 2 is 1.89 bits per heavy atom. The standard InChI is InChI=1S/C16H32N2/c1-7-13-9-17-14(15(2,3)4)11-18(13)10-12-8-16(12,5)6/h12-14,17H,7-11H2,1-6H3. The van der Waals surface area contributed by atoms with Crippen LogP contribution in [-0.4, -0.2) is 36.6 Å². The minimum absolute atomic E-state index is 0.371. The average molecular weight is 252 g/mol. The maximum absolute atomic E-state index is 3.76. The van der Waals surface area contributed by atoms with Crippen LogP contribution in [0, 0.1) is 16.7 Å². The number of rotatable bonds is 3. The molecule has 1 aliphatic carbocycles. The van der Waals surface area contributed by atoms with Gasteiger partial charge in [0.2, 0.25) is 0 Å². The van der Waals surface area contributed by atoms with Gasteiger partial charge >= 0.3 is 0 Å². The zero-order valence-electron chi connectivity index (χ0n) is 13.2. The van der Waals surface area contributed by atoms with E-state index >= 15 is 0 Å². The van der Waals surface area contributed by atoms with E-state index in [4.69, 9.17) is 0 Å². The topological polar surface area (TPSA) is 15.3 Å². The van der Waals surface area contributed by atoms with Gasteiger partial charge in [-0.05, 0) is 29.6 Å². The number of nitrogens with zero attached hydrogens (tertiary/aromatic N) is 1. The zero-order valence-corrected chi connectivity index (χ0v) is 13.2. The second-order valence-electron chi connectivity index (χ2n) is 8.23. The number of nitrogens with one attached hydrogen (secondary N) is 1. The van der Waals surface area contributed by atoms with Crippen LogP contribution in [-0.2, 0) is 0 Å². The summed E-state index contributed by atoms with van der Waals surface area (Å²) in [5.74, 6) is 0.935. The maximum atomic E-state index is 3.76. The van der Waals surface area contributed by atoms with Gasteiger partial charge in [0.25, 0.3) is 0 Å². The summed E-state index contributed by atoms with van der Waals surface area (Å²) in [4.78, 5) is 2.77. The molecule has 3 unspecified atom stereocenters. The molecule has 0 aromatic carbocycles. The molecule has 0 aromatic heterocycles. The lowest BCUT2D eigenvalue weighted by Crippen LogP contribution is -2.60. The fraction of sp³-hybridized carbons (Fsp3) is 1.00. The molecule has 106 valence electrons.